The minimum Gasteiger partial charge on any atom is -0.322 e. The molecule has 3 aliphatic rings. The predicted octanol–water partition coefficient (Wildman–Crippen LogP) is 5.94. The molecular weight excluding hydrogens is 447 g/mol. The van der Waals surface area contributed by atoms with Gasteiger partial charge in [-0.3, -0.25) is 9.00 Å². The van der Waals surface area contributed by atoms with E-state index in [9.17, 15) is 22.2 Å². The molecule has 0 aliphatic heterocycles. The van der Waals surface area contributed by atoms with E-state index in [0.717, 1.165) is 25.2 Å². The van der Waals surface area contributed by atoms with E-state index in [1.165, 1.54) is 31.0 Å². The van der Waals surface area contributed by atoms with Crippen molar-refractivity contribution < 1.29 is 22.2 Å². The highest BCUT2D eigenvalue weighted by Gasteiger charge is 2.52. The molecule has 0 spiro atoms. The third-order valence-corrected chi connectivity index (χ3v) is 9.62. The molecule has 3 saturated carbocycles. The zero-order valence-corrected chi connectivity index (χ0v) is 18.1. The van der Waals surface area contributed by atoms with Crippen molar-refractivity contribution in [3.63, 3.8) is 0 Å². The summed E-state index contributed by atoms with van der Waals surface area (Å²) in [7, 11) is -1.35. The highest BCUT2D eigenvalue weighted by Crippen LogP contribution is 2.57. The first-order valence-electron chi connectivity index (χ1n) is 10.5. The van der Waals surface area contributed by atoms with E-state index >= 15 is 0 Å². The maximum atomic E-state index is 13.6. The van der Waals surface area contributed by atoms with Gasteiger partial charge in [0.2, 0.25) is 0 Å². The topological polar surface area (TPSA) is 46.2 Å². The molecule has 6 atom stereocenters. The van der Waals surface area contributed by atoms with Crippen LogP contribution >= 0.6 is 11.6 Å². The van der Waals surface area contributed by atoms with Gasteiger partial charge < -0.3 is 5.32 Å². The lowest BCUT2D eigenvalue weighted by Gasteiger charge is -2.41. The van der Waals surface area contributed by atoms with Crippen molar-refractivity contribution in [1.29, 1.82) is 0 Å². The molecule has 164 valence electrons. The second kappa shape index (κ2) is 7.93. The fraction of sp³-hybridized carbons (Fsp3) is 0.435. The number of hydrogen-bond donors (Lipinski definition) is 1. The third kappa shape index (κ3) is 3.69. The van der Waals surface area contributed by atoms with Crippen molar-refractivity contribution in [3.8, 4) is 0 Å². The van der Waals surface area contributed by atoms with Crippen molar-refractivity contribution in [2.45, 2.75) is 42.2 Å². The first-order chi connectivity index (χ1) is 14.8. The quantitative estimate of drug-likeness (QED) is 0.565. The molecule has 0 saturated heterocycles. The average Bonchev–Trinajstić information content (AvgIpc) is 2.95. The number of carbonyl (C=O) groups is 1. The Morgan fingerprint density at radius 3 is 2.42 bits per heavy atom. The van der Waals surface area contributed by atoms with E-state index in [4.69, 9.17) is 11.6 Å². The molecule has 0 heterocycles. The van der Waals surface area contributed by atoms with Crippen LogP contribution in [0.5, 0.6) is 0 Å². The summed E-state index contributed by atoms with van der Waals surface area (Å²) in [5.41, 5.74) is -0.0382. The lowest BCUT2D eigenvalue weighted by Crippen LogP contribution is -2.41. The normalized spacial score (nSPS) is 29.7. The molecule has 2 aromatic carbocycles. The molecule has 3 fully saturated rings. The van der Waals surface area contributed by atoms with Gasteiger partial charge in [-0.1, -0.05) is 11.6 Å². The fourth-order valence-electron chi connectivity index (χ4n) is 5.94. The summed E-state index contributed by atoms with van der Waals surface area (Å²) in [5.74, 6) is -2.79. The number of anilines is 1. The maximum absolute atomic E-state index is 13.6. The van der Waals surface area contributed by atoms with Gasteiger partial charge in [0.15, 0.2) is 17.5 Å². The Bertz CT molecular complexity index is 1070. The molecule has 0 radical (unpaired) electrons. The van der Waals surface area contributed by atoms with E-state index in [2.05, 4.69) is 5.32 Å². The van der Waals surface area contributed by atoms with Crippen LogP contribution in [-0.2, 0) is 10.8 Å². The SMILES string of the molecule is O=C(Nc1cc(F)c(F)c(F)c1)c1ccc(Cl)c(S(=O)[C@@H]2C3CCC4C[C@H](C3)CC42)c1. The van der Waals surface area contributed by atoms with E-state index < -0.39 is 34.2 Å². The Morgan fingerprint density at radius 2 is 1.68 bits per heavy atom. The molecule has 3 bridgehead atoms. The summed E-state index contributed by atoms with van der Waals surface area (Å²) >= 11 is 6.37. The molecule has 3 aliphatic carbocycles. The number of nitrogens with one attached hydrogen (secondary N) is 1. The van der Waals surface area contributed by atoms with E-state index in [1.807, 2.05) is 0 Å². The van der Waals surface area contributed by atoms with Gasteiger partial charge in [-0.05, 0) is 74.0 Å². The molecule has 0 aromatic heterocycles. The van der Waals surface area contributed by atoms with Crippen molar-refractivity contribution in [3.05, 3.63) is 58.4 Å². The lowest BCUT2D eigenvalue weighted by molar-refractivity contribution is 0.102. The number of fused-ring (bicyclic) bond motifs is 2. The van der Waals surface area contributed by atoms with Crippen LogP contribution in [0.15, 0.2) is 35.2 Å². The Labute approximate surface area is 185 Å². The zero-order valence-electron chi connectivity index (χ0n) is 16.5. The largest absolute Gasteiger partial charge is 0.322 e. The van der Waals surface area contributed by atoms with Crippen LogP contribution in [0.2, 0.25) is 5.02 Å². The standard InChI is InChI=1S/C23H21ClF3NO2S/c24-17-4-3-14(23(29)28-15-9-18(25)21(27)19(26)10-15)8-20(17)31(30)22-13-2-1-12-5-11(6-13)7-16(12)22/h3-4,8-13,16,22H,1-2,5-7H2,(H,28,29)/t11-,12?,13?,16?,22-,31?/m1/s1. The van der Waals surface area contributed by atoms with Crippen LogP contribution < -0.4 is 5.32 Å². The van der Waals surface area contributed by atoms with Crippen LogP contribution in [0.1, 0.15) is 42.5 Å². The number of rotatable bonds is 4. The van der Waals surface area contributed by atoms with Crippen molar-refractivity contribution in [1.82, 2.24) is 0 Å². The monoisotopic (exact) mass is 467 g/mol. The second-order valence-electron chi connectivity index (χ2n) is 8.95. The van der Waals surface area contributed by atoms with Crippen LogP contribution in [-0.4, -0.2) is 15.4 Å². The van der Waals surface area contributed by atoms with Crippen LogP contribution in [0.3, 0.4) is 0 Å². The molecule has 1 N–H and O–H groups in total. The number of benzene rings is 2. The predicted molar refractivity (Wildman–Crippen MR) is 113 cm³/mol. The van der Waals surface area contributed by atoms with Gasteiger partial charge in [-0.2, -0.15) is 0 Å². The molecular formula is C23H21ClF3NO2S. The number of amides is 1. The van der Waals surface area contributed by atoms with Crippen molar-refractivity contribution in [2.75, 3.05) is 5.32 Å². The fourth-order valence-corrected chi connectivity index (χ4v) is 8.33. The number of carbonyl (C=O) groups excluding carboxylic acids is 1. The summed E-state index contributed by atoms with van der Waals surface area (Å²) in [5, 5.41) is 2.75. The van der Waals surface area contributed by atoms with Gasteiger partial charge >= 0.3 is 0 Å². The van der Waals surface area contributed by atoms with Gasteiger partial charge in [-0.25, -0.2) is 13.2 Å². The van der Waals surface area contributed by atoms with Crippen LogP contribution in [0.4, 0.5) is 18.9 Å². The van der Waals surface area contributed by atoms with E-state index in [0.29, 0.717) is 39.8 Å². The Hall–Kier alpha value is -1.86. The van der Waals surface area contributed by atoms with E-state index in [-0.39, 0.29) is 16.5 Å². The maximum Gasteiger partial charge on any atom is 0.255 e. The molecule has 8 heteroatoms. The second-order valence-corrected chi connectivity index (χ2v) is 10.9. The summed E-state index contributed by atoms with van der Waals surface area (Å²) in [6.45, 7) is 0. The molecule has 31 heavy (non-hydrogen) atoms. The minimum atomic E-state index is -1.60. The van der Waals surface area contributed by atoms with Gasteiger partial charge in [0.25, 0.3) is 5.91 Å². The van der Waals surface area contributed by atoms with Crippen molar-refractivity contribution >= 4 is 34.0 Å². The van der Waals surface area contributed by atoms with E-state index in [1.54, 1.807) is 0 Å². The first kappa shape index (κ1) is 21.0. The van der Waals surface area contributed by atoms with Crippen LogP contribution in [0, 0.1) is 41.1 Å². The summed E-state index contributed by atoms with van der Waals surface area (Å²) in [4.78, 5) is 13.1. The minimum absolute atomic E-state index is 0.0496. The number of halogens is 4. The highest BCUT2D eigenvalue weighted by atomic mass is 35.5. The van der Waals surface area contributed by atoms with Gasteiger partial charge in [0, 0.05) is 28.6 Å². The lowest BCUT2D eigenvalue weighted by atomic mass is 9.72. The smallest absolute Gasteiger partial charge is 0.255 e. The summed E-state index contributed by atoms with van der Waals surface area (Å²) in [6.07, 6.45) is 5.77. The zero-order chi connectivity index (χ0) is 21.9. The third-order valence-electron chi connectivity index (χ3n) is 7.18. The summed E-state index contributed by atoms with van der Waals surface area (Å²) < 4.78 is 53.7. The molecule has 2 aromatic rings. The van der Waals surface area contributed by atoms with Gasteiger partial charge in [0.1, 0.15) is 0 Å². The van der Waals surface area contributed by atoms with Crippen LogP contribution in [0.25, 0.3) is 0 Å². The Kier molecular flexibility index (Phi) is 5.37. The first-order valence-corrected chi connectivity index (χ1v) is 12.1. The molecule has 3 nitrogen and oxygen atoms in total. The van der Waals surface area contributed by atoms with Gasteiger partial charge in [0.05, 0.1) is 20.7 Å². The molecule has 5 rings (SSSR count). The van der Waals surface area contributed by atoms with Crippen molar-refractivity contribution in [2.24, 2.45) is 23.7 Å². The Morgan fingerprint density at radius 1 is 1.00 bits per heavy atom. The molecule has 4 unspecified atom stereocenters. The highest BCUT2D eigenvalue weighted by molar-refractivity contribution is 7.85. The molecule has 1 amide bonds. The van der Waals surface area contributed by atoms with Gasteiger partial charge in [-0.15, -0.1) is 0 Å². The summed E-state index contributed by atoms with van der Waals surface area (Å²) in [6, 6.07) is 5.90. The Balaban J connectivity index is 1.40. The number of hydrogen-bond acceptors (Lipinski definition) is 2. The average molecular weight is 468 g/mol.